The first-order valence-corrected chi connectivity index (χ1v) is 8.33. The second-order valence-corrected chi connectivity index (χ2v) is 6.28. The topological polar surface area (TPSA) is 42.7 Å². The molecule has 1 saturated carbocycles. The first-order chi connectivity index (χ1) is 11.7. The minimum absolute atomic E-state index is 0.0693. The quantitative estimate of drug-likeness (QED) is 0.687. The van der Waals surface area contributed by atoms with Gasteiger partial charge < -0.3 is 14.1 Å². The minimum Gasteiger partial charge on any atom is -0.485 e. The molecule has 0 atom stereocenters. The molecule has 1 aliphatic rings. The summed E-state index contributed by atoms with van der Waals surface area (Å²) in [7, 11) is 1.82. The maximum absolute atomic E-state index is 12.3. The van der Waals surface area contributed by atoms with Crippen molar-refractivity contribution in [2.24, 2.45) is 5.92 Å². The molecule has 2 aromatic rings. The van der Waals surface area contributed by atoms with Crippen LogP contribution in [0.15, 0.2) is 53.5 Å². The van der Waals surface area contributed by atoms with Gasteiger partial charge in [0.15, 0.2) is 5.76 Å². The van der Waals surface area contributed by atoms with Crippen LogP contribution in [-0.4, -0.2) is 24.4 Å². The van der Waals surface area contributed by atoms with Crippen LogP contribution in [0.4, 0.5) is 0 Å². The van der Waals surface area contributed by atoms with Crippen LogP contribution >= 0.6 is 0 Å². The molecule has 0 aliphatic heterocycles. The van der Waals surface area contributed by atoms with Crippen molar-refractivity contribution in [1.29, 1.82) is 0 Å². The third-order valence-electron chi connectivity index (χ3n) is 4.15. The summed E-state index contributed by atoms with van der Waals surface area (Å²) in [6.45, 7) is 4.87. The fourth-order valence-corrected chi connectivity index (χ4v) is 2.65. The summed E-state index contributed by atoms with van der Waals surface area (Å²) in [4.78, 5) is 14.1. The molecule has 4 heteroatoms. The SMILES string of the molecule is C=CCc1ccccc1OCc1ccc(C(=O)N(C)CC2CC2)o1. The van der Waals surface area contributed by atoms with Gasteiger partial charge in [0, 0.05) is 13.6 Å². The molecular formula is C20H23NO3. The van der Waals surface area contributed by atoms with Gasteiger partial charge in [0.1, 0.15) is 18.1 Å². The lowest BCUT2D eigenvalue weighted by atomic mass is 10.1. The molecule has 1 amide bonds. The van der Waals surface area contributed by atoms with Gasteiger partial charge in [-0.15, -0.1) is 6.58 Å². The predicted octanol–water partition coefficient (Wildman–Crippen LogP) is 4.07. The van der Waals surface area contributed by atoms with E-state index in [-0.39, 0.29) is 5.91 Å². The molecule has 0 N–H and O–H groups in total. The molecule has 0 radical (unpaired) electrons. The number of hydrogen-bond acceptors (Lipinski definition) is 3. The van der Waals surface area contributed by atoms with E-state index in [0.717, 1.165) is 24.3 Å². The molecule has 3 rings (SSSR count). The standard InChI is InChI=1S/C20H23NO3/c1-3-6-16-7-4-5-8-18(16)23-14-17-11-12-19(24-17)20(22)21(2)13-15-9-10-15/h3-5,7-8,11-12,15H,1,6,9-10,13-14H2,2H3. The van der Waals surface area contributed by atoms with Gasteiger partial charge in [-0.3, -0.25) is 4.79 Å². The van der Waals surface area contributed by atoms with Crippen LogP contribution in [0.5, 0.6) is 5.75 Å². The normalized spacial score (nSPS) is 13.5. The fraction of sp³-hybridized carbons (Fsp3) is 0.350. The zero-order valence-corrected chi connectivity index (χ0v) is 14.0. The Bertz CT molecular complexity index is 715. The highest BCUT2D eigenvalue weighted by Gasteiger charge is 2.26. The molecular weight excluding hydrogens is 302 g/mol. The molecule has 1 aromatic heterocycles. The van der Waals surface area contributed by atoms with Crippen molar-refractivity contribution in [2.45, 2.75) is 25.9 Å². The van der Waals surface area contributed by atoms with Crippen molar-refractivity contribution in [3.05, 3.63) is 66.1 Å². The Balaban J connectivity index is 1.59. The number of para-hydroxylation sites is 1. The number of benzene rings is 1. The molecule has 1 fully saturated rings. The molecule has 0 saturated heterocycles. The average molecular weight is 325 g/mol. The van der Waals surface area contributed by atoms with E-state index >= 15 is 0 Å². The van der Waals surface area contributed by atoms with Gasteiger partial charge in [-0.1, -0.05) is 24.3 Å². The van der Waals surface area contributed by atoms with Crippen LogP contribution in [0, 0.1) is 5.92 Å². The first-order valence-electron chi connectivity index (χ1n) is 8.33. The Labute approximate surface area is 142 Å². The number of carbonyl (C=O) groups is 1. The molecule has 0 spiro atoms. The highest BCUT2D eigenvalue weighted by molar-refractivity contribution is 5.91. The molecule has 24 heavy (non-hydrogen) atoms. The van der Waals surface area contributed by atoms with Crippen molar-refractivity contribution in [3.8, 4) is 5.75 Å². The number of carbonyl (C=O) groups excluding carboxylic acids is 1. The van der Waals surface area contributed by atoms with Gasteiger partial charge in [-0.05, 0) is 48.9 Å². The highest BCUT2D eigenvalue weighted by atomic mass is 16.5. The Morgan fingerprint density at radius 2 is 2.12 bits per heavy atom. The van der Waals surface area contributed by atoms with E-state index < -0.39 is 0 Å². The lowest BCUT2D eigenvalue weighted by Crippen LogP contribution is -2.28. The lowest BCUT2D eigenvalue weighted by Gasteiger charge is -2.14. The number of rotatable bonds is 8. The van der Waals surface area contributed by atoms with Gasteiger partial charge in [0.2, 0.25) is 0 Å². The van der Waals surface area contributed by atoms with Crippen molar-refractivity contribution >= 4 is 5.91 Å². The van der Waals surface area contributed by atoms with Crippen molar-refractivity contribution < 1.29 is 13.9 Å². The van der Waals surface area contributed by atoms with Crippen molar-refractivity contribution in [1.82, 2.24) is 4.90 Å². The third-order valence-corrected chi connectivity index (χ3v) is 4.15. The van der Waals surface area contributed by atoms with Gasteiger partial charge in [0.05, 0.1) is 0 Å². The van der Waals surface area contributed by atoms with Crippen LogP contribution in [0.3, 0.4) is 0 Å². The lowest BCUT2D eigenvalue weighted by molar-refractivity contribution is 0.0753. The van der Waals surface area contributed by atoms with E-state index in [1.165, 1.54) is 12.8 Å². The fourth-order valence-electron chi connectivity index (χ4n) is 2.65. The van der Waals surface area contributed by atoms with Crippen LogP contribution in [0.2, 0.25) is 0 Å². The summed E-state index contributed by atoms with van der Waals surface area (Å²) in [5, 5.41) is 0. The van der Waals surface area contributed by atoms with Gasteiger partial charge in [-0.25, -0.2) is 0 Å². The van der Waals surface area contributed by atoms with Crippen molar-refractivity contribution in [2.75, 3.05) is 13.6 Å². The van der Waals surface area contributed by atoms with E-state index in [9.17, 15) is 4.79 Å². The summed E-state index contributed by atoms with van der Waals surface area (Å²) in [6.07, 6.45) is 5.05. The van der Waals surface area contributed by atoms with Gasteiger partial charge >= 0.3 is 0 Å². The number of nitrogens with zero attached hydrogens (tertiary/aromatic N) is 1. The van der Waals surface area contributed by atoms with Crippen LogP contribution < -0.4 is 4.74 Å². The Morgan fingerprint density at radius 1 is 1.33 bits per heavy atom. The molecule has 0 bridgehead atoms. The maximum Gasteiger partial charge on any atom is 0.289 e. The number of ether oxygens (including phenoxy) is 1. The smallest absolute Gasteiger partial charge is 0.289 e. The summed E-state index contributed by atoms with van der Waals surface area (Å²) in [6, 6.07) is 11.4. The number of hydrogen-bond donors (Lipinski definition) is 0. The zero-order chi connectivity index (χ0) is 16.9. The van der Waals surface area contributed by atoms with E-state index in [2.05, 4.69) is 6.58 Å². The van der Waals surface area contributed by atoms with Crippen molar-refractivity contribution in [3.63, 3.8) is 0 Å². The summed E-state index contributed by atoms with van der Waals surface area (Å²) in [5.74, 6) is 2.42. The Morgan fingerprint density at radius 3 is 2.88 bits per heavy atom. The second kappa shape index (κ2) is 7.39. The summed E-state index contributed by atoms with van der Waals surface area (Å²) >= 11 is 0. The number of furan rings is 1. The maximum atomic E-state index is 12.3. The van der Waals surface area contributed by atoms with E-state index in [0.29, 0.717) is 24.0 Å². The molecule has 0 unspecified atom stereocenters. The first kappa shape index (κ1) is 16.4. The monoisotopic (exact) mass is 325 g/mol. The second-order valence-electron chi connectivity index (χ2n) is 6.28. The molecule has 1 aliphatic carbocycles. The molecule has 4 nitrogen and oxygen atoms in total. The Kier molecular flexibility index (Phi) is 5.04. The van der Waals surface area contributed by atoms with Crippen LogP contribution in [0.1, 0.15) is 34.7 Å². The minimum atomic E-state index is -0.0693. The van der Waals surface area contributed by atoms with Crippen LogP contribution in [0.25, 0.3) is 0 Å². The van der Waals surface area contributed by atoms with E-state index in [1.807, 2.05) is 37.4 Å². The van der Waals surface area contributed by atoms with E-state index in [1.54, 1.807) is 17.0 Å². The summed E-state index contributed by atoms with van der Waals surface area (Å²) < 4.78 is 11.5. The van der Waals surface area contributed by atoms with Gasteiger partial charge in [-0.2, -0.15) is 0 Å². The Hall–Kier alpha value is -2.49. The average Bonchev–Trinajstić information content (AvgIpc) is 3.27. The van der Waals surface area contributed by atoms with E-state index in [4.69, 9.17) is 9.15 Å². The summed E-state index contributed by atoms with van der Waals surface area (Å²) in [5.41, 5.74) is 1.08. The molecule has 1 aromatic carbocycles. The third kappa shape index (κ3) is 4.07. The van der Waals surface area contributed by atoms with Gasteiger partial charge in [0.25, 0.3) is 5.91 Å². The largest absolute Gasteiger partial charge is 0.485 e. The highest BCUT2D eigenvalue weighted by Crippen LogP contribution is 2.29. The zero-order valence-electron chi connectivity index (χ0n) is 14.0. The molecule has 126 valence electrons. The predicted molar refractivity (Wildman–Crippen MR) is 93.1 cm³/mol. The number of allylic oxidation sites excluding steroid dienone is 1. The van der Waals surface area contributed by atoms with Crippen LogP contribution in [-0.2, 0) is 13.0 Å². The molecule has 1 heterocycles. The number of amides is 1.